The Morgan fingerprint density at radius 3 is 1.08 bits per heavy atom. The summed E-state index contributed by atoms with van der Waals surface area (Å²) in [6.45, 7) is 0. The number of benzene rings is 9. The van der Waals surface area contributed by atoms with Crippen molar-refractivity contribution in [1.29, 1.82) is 0 Å². The molecule has 0 atom stereocenters. The maximum absolute atomic E-state index is 5.29. The van der Waals surface area contributed by atoms with E-state index in [0.29, 0.717) is 23.3 Å². The van der Waals surface area contributed by atoms with E-state index in [-0.39, 0.29) is 0 Å². The number of nitrogens with zero attached hydrogens (tertiary/aromatic N) is 5. The molecule has 0 fully saturated rings. The molecule has 0 N–H and O–H groups in total. The second-order valence-electron chi connectivity index (χ2n) is 14.9. The summed E-state index contributed by atoms with van der Waals surface area (Å²) in [6.07, 6.45) is 0. The van der Waals surface area contributed by atoms with Crippen LogP contribution in [0.4, 0.5) is 0 Å². The molecule has 280 valence electrons. The summed E-state index contributed by atoms with van der Waals surface area (Å²) in [5.41, 5.74) is 9.58. The van der Waals surface area contributed by atoms with Gasteiger partial charge in [0.1, 0.15) is 0 Å². The molecule has 0 radical (unpaired) electrons. The van der Waals surface area contributed by atoms with Crippen molar-refractivity contribution in [3.63, 3.8) is 0 Å². The molecule has 11 aromatic rings. The zero-order valence-corrected chi connectivity index (χ0v) is 32.4. The minimum Gasteiger partial charge on any atom is -0.228 e. The van der Waals surface area contributed by atoms with Crippen LogP contribution in [0.25, 0.3) is 112 Å². The van der Waals surface area contributed by atoms with Crippen molar-refractivity contribution in [3.8, 4) is 79.2 Å². The molecule has 0 aliphatic rings. The first-order valence-electron chi connectivity index (χ1n) is 20.1. The molecule has 0 aliphatic carbocycles. The van der Waals surface area contributed by atoms with E-state index >= 15 is 0 Å². The molecular weight excluding hydrogens is 731 g/mol. The van der Waals surface area contributed by atoms with Gasteiger partial charge in [0, 0.05) is 33.4 Å². The average Bonchev–Trinajstić information content (AvgIpc) is 3.34. The molecule has 2 heterocycles. The summed E-state index contributed by atoms with van der Waals surface area (Å²) in [6, 6.07) is 73.5. The zero-order valence-electron chi connectivity index (χ0n) is 32.4. The largest absolute Gasteiger partial charge is 0.228 e. The van der Waals surface area contributed by atoms with Gasteiger partial charge < -0.3 is 0 Å². The standard InChI is InChI=1S/C55H35N5/c1-4-16-36(17-5-1)50-35-51(57-54(56-50)43-30-31-48-46-28-11-10-26-44(46)45-27-12-13-29-47(45)49(48)34-43)41-24-14-22-39(32-41)40-23-15-25-42(33-40)55-59-52(37-18-6-2-7-19-37)58-53(60-55)38-20-8-3-9-21-38/h1-35H. The minimum absolute atomic E-state index is 0.616. The van der Waals surface area contributed by atoms with Crippen molar-refractivity contribution in [2.24, 2.45) is 0 Å². The molecule has 0 bridgehead atoms. The van der Waals surface area contributed by atoms with Crippen LogP contribution in [0, 0.1) is 0 Å². The van der Waals surface area contributed by atoms with Crippen molar-refractivity contribution in [1.82, 2.24) is 24.9 Å². The monoisotopic (exact) mass is 765 g/mol. The Morgan fingerprint density at radius 2 is 0.533 bits per heavy atom. The maximum Gasteiger partial charge on any atom is 0.164 e. The molecule has 5 nitrogen and oxygen atoms in total. The fourth-order valence-electron chi connectivity index (χ4n) is 8.16. The number of hydrogen-bond donors (Lipinski definition) is 0. The van der Waals surface area contributed by atoms with Gasteiger partial charge in [-0.25, -0.2) is 24.9 Å². The molecule has 0 unspecified atom stereocenters. The Hall–Kier alpha value is -8.15. The number of rotatable bonds is 7. The summed E-state index contributed by atoms with van der Waals surface area (Å²) < 4.78 is 0. The molecule has 0 saturated carbocycles. The number of aromatic nitrogens is 5. The Balaban J connectivity index is 1.02. The van der Waals surface area contributed by atoms with Gasteiger partial charge >= 0.3 is 0 Å². The van der Waals surface area contributed by atoms with Crippen LogP contribution < -0.4 is 0 Å². The van der Waals surface area contributed by atoms with Gasteiger partial charge in [-0.05, 0) is 67.7 Å². The van der Waals surface area contributed by atoms with Crippen LogP contribution >= 0.6 is 0 Å². The molecule has 5 heteroatoms. The summed E-state index contributed by atoms with van der Waals surface area (Å²) in [7, 11) is 0. The maximum atomic E-state index is 5.29. The van der Waals surface area contributed by atoms with E-state index in [1.165, 1.54) is 32.3 Å². The van der Waals surface area contributed by atoms with Crippen LogP contribution in [0.5, 0.6) is 0 Å². The Kier molecular flexibility index (Phi) is 8.75. The fraction of sp³-hybridized carbons (Fsp3) is 0. The van der Waals surface area contributed by atoms with Crippen LogP contribution in [0.2, 0.25) is 0 Å². The third-order valence-electron chi connectivity index (χ3n) is 11.1. The van der Waals surface area contributed by atoms with Crippen molar-refractivity contribution < 1.29 is 0 Å². The van der Waals surface area contributed by atoms with E-state index < -0.39 is 0 Å². The van der Waals surface area contributed by atoms with Crippen LogP contribution in [-0.2, 0) is 0 Å². The molecular formula is C55H35N5. The molecule has 60 heavy (non-hydrogen) atoms. The van der Waals surface area contributed by atoms with Crippen LogP contribution in [0.3, 0.4) is 0 Å². The zero-order chi connectivity index (χ0) is 39.8. The van der Waals surface area contributed by atoms with Gasteiger partial charge in [0.2, 0.25) is 0 Å². The van der Waals surface area contributed by atoms with E-state index in [2.05, 4.69) is 146 Å². The van der Waals surface area contributed by atoms with Crippen molar-refractivity contribution in [2.45, 2.75) is 0 Å². The second-order valence-corrected chi connectivity index (χ2v) is 14.9. The van der Waals surface area contributed by atoms with Crippen LogP contribution in [0.1, 0.15) is 0 Å². The van der Waals surface area contributed by atoms with Crippen LogP contribution in [-0.4, -0.2) is 24.9 Å². The van der Waals surface area contributed by atoms with Crippen molar-refractivity contribution >= 4 is 32.3 Å². The van der Waals surface area contributed by atoms with Crippen molar-refractivity contribution in [2.75, 3.05) is 0 Å². The van der Waals surface area contributed by atoms with E-state index in [1.807, 2.05) is 66.7 Å². The smallest absolute Gasteiger partial charge is 0.164 e. The first kappa shape index (κ1) is 35.0. The molecule has 2 aromatic heterocycles. The highest BCUT2D eigenvalue weighted by molar-refractivity contribution is 6.25. The quantitative estimate of drug-likeness (QED) is 0.151. The normalized spacial score (nSPS) is 11.3. The summed E-state index contributed by atoms with van der Waals surface area (Å²) in [4.78, 5) is 25.4. The van der Waals surface area contributed by atoms with E-state index in [0.717, 1.165) is 55.9 Å². The van der Waals surface area contributed by atoms with Gasteiger partial charge in [-0.2, -0.15) is 0 Å². The first-order valence-corrected chi connectivity index (χ1v) is 20.1. The number of fused-ring (bicyclic) bond motifs is 6. The summed E-state index contributed by atoms with van der Waals surface area (Å²) >= 11 is 0. The lowest BCUT2D eigenvalue weighted by atomic mass is 9.93. The molecule has 9 aromatic carbocycles. The van der Waals surface area contributed by atoms with Gasteiger partial charge in [0.15, 0.2) is 23.3 Å². The van der Waals surface area contributed by atoms with E-state index in [4.69, 9.17) is 24.9 Å². The lowest BCUT2D eigenvalue weighted by Crippen LogP contribution is -2.00. The molecule has 0 saturated heterocycles. The summed E-state index contributed by atoms with van der Waals surface area (Å²) in [5.74, 6) is 2.56. The van der Waals surface area contributed by atoms with Gasteiger partial charge in [0.05, 0.1) is 11.4 Å². The minimum atomic E-state index is 0.616. The predicted molar refractivity (Wildman–Crippen MR) is 246 cm³/mol. The Morgan fingerprint density at radius 1 is 0.183 bits per heavy atom. The highest BCUT2D eigenvalue weighted by Gasteiger charge is 2.16. The molecule has 0 aliphatic heterocycles. The fourth-order valence-corrected chi connectivity index (χ4v) is 8.16. The van der Waals surface area contributed by atoms with E-state index in [9.17, 15) is 0 Å². The number of hydrogen-bond acceptors (Lipinski definition) is 5. The SMILES string of the molecule is c1ccc(-c2cc(-c3cccc(-c4cccc(-c5nc(-c6ccccc6)nc(-c6ccccc6)n5)c4)c3)nc(-c3ccc4c5ccccc5c5ccccc5c4c3)n2)cc1. The van der Waals surface area contributed by atoms with Gasteiger partial charge in [-0.1, -0.05) is 188 Å². The highest BCUT2D eigenvalue weighted by Crippen LogP contribution is 2.38. The van der Waals surface area contributed by atoms with Gasteiger partial charge in [-0.3, -0.25) is 0 Å². The van der Waals surface area contributed by atoms with Gasteiger partial charge in [0.25, 0.3) is 0 Å². The molecule has 0 amide bonds. The van der Waals surface area contributed by atoms with Crippen molar-refractivity contribution in [3.05, 3.63) is 212 Å². The third kappa shape index (κ3) is 6.54. The van der Waals surface area contributed by atoms with E-state index in [1.54, 1.807) is 0 Å². The lowest BCUT2D eigenvalue weighted by Gasteiger charge is -2.13. The van der Waals surface area contributed by atoms with Crippen LogP contribution in [0.15, 0.2) is 212 Å². The highest BCUT2D eigenvalue weighted by atomic mass is 15.0. The Labute approximate surface area is 347 Å². The first-order chi connectivity index (χ1) is 29.7. The van der Waals surface area contributed by atoms with Gasteiger partial charge in [-0.15, -0.1) is 0 Å². The average molecular weight is 766 g/mol. The predicted octanol–water partition coefficient (Wildman–Crippen LogP) is 13.8. The second kappa shape index (κ2) is 15.0. The molecule has 0 spiro atoms. The Bertz CT molecular complexity index is 3270. The molecule has 11 rings (SSSR count). The lowest BCUT2D eigenvalue weighted by molar-refractivity contribution is 1.07. The summed E-state index contributed by atoms with van der Waals surface area (Å²) in [5, 5.41) is 7.35. The topological polar surface area (TPSA) is 64.5 Å². The third-order valence-corrected chi connectivity index (χ3v) is 11.1.